The largest absolute Gasteiger partial charge is 0.313 e. The van der Waals surface area contributed by atoms with Crippen LogP contribution in [0.5, 0.6) is 0 Å². The summed E-state index contributed by atoms with van der Waals surface area (Å²) in [6.45, 7) is 6.72. The smallest absolute Gasteiger partial charge is 0.213 e. The monoisotopic (exact) mass is 276 g/mol. The van der Waals surface area contributed by atoms with Gasteiger partial charge in [0.05, 0.1) is 5.75 Å². The molecule has 0 aromatic carbocycles. The van der Waals surface area contributed by atoms with Gasteiger partial charge in [-0.25, -0.2) is 13.1 Å². The Bertz CT molecular complexity index is 328. The molecule has 1 rings (SSSR count). The van der Waals surface area contributed by atoms with Crippen molar-refractivity contribution in [3.05, 3.63) is 0 Å². The molecule has 4 nitrogen and oxygen atoms in total. The normalized spacial score (nSPS) is 26.2. The first-order chi connectivity index (χ1) is 8.41. The number of hydrogen-bond acceptors (Lipinski definition) is 3. The molecule has 0 radical (unpaired) electrons. The Balaban J connectivity index is 2.42. The van der Waals surface area contributed by atoms with E-state index < -0.39 is 10.0 Å². The molecule has 0 heterocycles. The van der Waals surface area contributed by atoms with E-state index in [-0.39, 0.29) is 11.8 Å². The molecule has 1 aliphatic carbocycles. The van der Waals surface area contributed by atoms with E-state index in [9.17, 15) is 8.42 Å². The second-order valence-electron chi connectivity index (χ2n) is 5.77. The number of nitrogens with one attached hydrogen (secondary N) is 2. The standard InChI is InChI=1S/C13H28N2O2S/c1-11(2)14-9-10-18(16,17)15-13-8-6-4-5-7-12(13)3/h11-15H,4-10H2,1-3H3. The fraction of sp³-hybridized carbons (Fsp3) is 1.00. The van der Waals surface area contributed by atoms with Crippen molar-refractivity contribution < 1.29 is 8.42 Å². The maximum atomic E-state index is 12.0. The fourth-order valence-electron chi connectivity index (χ4n) is 2.44. The highest BCUT2D eigenvalue weighted by Crippen LogP contribution is 2.23. The van der Waals surface area contributed by atoms with E-state index in [4.69, 9.17) is 0 Å². The molecule has 18 heavy (non-hydrogen) atoms. The van der Waals surface area contributed by atoms with Crippen molar-refractivity contribution in [1.82, 2.24) is 10.0 Å². The zero-order chi connectivity index (χ0) is 13.6. The lowest BCUT2D eigenvalue weighted by Crippen LogP contribution is -2.42. The average molecular weight is 276 g/mol. The van der Waals surface area contributed by atoms with Gasteiger partial charge < -0.3 is 5.32 Å². The molecule has 2 N–H and O–H groups in total. The van der Waals surface area contributed by atoms with Gasteiger partial charge in [0.1, 0.15) is 0 Å². The predicted octanol–water partition coefficient (Wildman–Crippen LogP) is 1.87. The van der Waals surface area contributed by atoms with Crippen molar-refractivity contribution in [3.63, 3.8) is 0 Å². The van der Waals surface area contributed by atoms with Gasteiger partial charge in [-0.15, -0.1) is 0 Å². The van der Waals surface area contributed by atoms with E-state index in [0.29, 0.717) is 18.5 Å². The molecule has 0 saturated heterocycles. The van der Waals surface area contributed by atoms with Crippen LogP contribution in [0.2, 0.25) is 0 Å². The molecule has 5 heteroatoms. The molecule has 2 atom stereocenters. The van der Waals surface area contributed by atoms with E-state index in [1.807, 2.05) is 13.8 Å². The molecule has 108 valence electrons. The highest BCUT2D eigenvalue weighted by molar-refractivity contribution is 7.89. The first-order valence-corrected chi connectivity index (χ1v) is 8.79. The van der Waals surface area contributed by atoms with Crippen molar-refractivity contribution in [3.8, 4) is 0 Å². The Hall–Kier alpha value is -0.130. The molecule has 2 unspecified atom stereocenters. The molecular weight excluding hydrogens is 248 g/mol. The Labute approximate surface area is 112 Å². The van der Waals surface area contributed by atoms with Crippen LogP contribution in [0.4, 0.5) is 0 Å². The van der Waals surface area contributed by atoms with E-state index in [1.54, 1.807) is 0 Å². The second-order valence-corrected chi connectivity index (χ2v) is 7.64. The summed E-state index contributed by atoms with van der Waals surface area (Å²) in [5.41, 5.74) is 0. The third kappa shape index (κ3) is 6.16. The number of sulfonamides is 1. The minimum absolute atomic E-state index is 0.136. The summed E-state index contributed by atoms with van der Waals surface area (Å²) in [7, 11) is -3.14. The maximum Gasteiger partial charge on any atom is 0.213 e. The summed E-state index contributed by atoms with van der Waals surface area (Å²) in [5, 5.41) is 3.14. The van der Waals surface area contributed by atoms with Gasteiger partial charge in [0.2, 0.25) is 10.0 Å². The van der Waals surface area contributed by atoms with Crippen LogP contribution in [0, 0.1) is 5.92 Å². The van der Waals surface area contributed by atoms with Gasteiger partial charge in [0, 0.05) is 18.6 Å². The van der Waals surface area contributed by atoms with E-state index in [2.05, 4.69) is 17.0 Å². The van der Waals surface area contributed by atoms with Crippen LogP contribution < -0.4 is 10.0 Å². The predicted molar refractivity (Wildman–Crippen MR) is 76.1 cm³/mol. The van der Waals surface area contributed by atoms with E-state index in [1.165, 1.54) is 12.8 Å². The molecule has 0 amide bonds. The molecule has 0 spiro atoms. The van der Waals surface area contributed by atoms with Gasteiger partial charge >= 0.3 is 0 Å². The SMILES string of the molecule is CC(C)NCCS(=O)(=O)NC1CCCCCC1C. The third-order valence-corrected chi connectivity index (χ3v) is 5.02. The maximum absolute atomic E-state index is 12.0. The lowest BCUT2D eigenvalue weighted by atomic mass is 9.98. The van der Waals surface area contributed by atoms with Crippen molar-refractivity contribution >= 4 is 10.0 Å². The highest BCUT2D eigenvalue weighted by atomic mass is 32.2. The molecular formula is C13H28N2O2S. The quantitative estimate of drug-likeness (QED) is 0.728. The zero-order valence-corrected chi connectivity index (χ0v) is 12.7. The van der Waals surface area contributed by atoms with Crippen LogP contribution in [0.1, 0.15) is 52.9 Å². The van der Waals surface area contributed by atoms with Crippen LogP contribution in [-0.4, -0.2) is 32.8 Å². The first kappa shape index (κ1) is 15.9. The topological polar surface area (TPSA) is 58.2 Å². The molecule has 0 bridgehead atoms. The summed E-state index contributed by atoms with van der Waals surface area (Å²) in [5.74, 6) is 0.634. The lowest BCUT2D eigenvalue weighted by molar-refractivity contribution is 0.399. The fourth-order valence-corrected chi connectivity index (χ4v) is 3.76. The molecule has 0 aromatic rings. The van der Waals surface area contributed by atoms with Crippen LogP contribution >= 0.6 is 0 Å². The van der Waals surface area contributed by atoms with Crippen molar-refractivity contribution in [2.24, 2.45) is 5.92 Å². The third-order valence-electron chi connectivity index (χ3n) is 3.62. The Morgan fingerprint density at radius 2 is 1.83 bits per heavy atom. The summed E-state index contributed by atoms with van der Waals surface area (Å²) in [6, 6.07) is 0.466. The van der Waals surface area contributed by atoms with Crippen molar-refractivity contribution in [2.75, 3.05) is 12.3 Å². The zero-order valence-electron chi connectivity index (χ0n) is 11.9. The first-order valence-electron chi connectivity index (χ1n) is 7.14. The van der Waals surface area contributed by atoms with Gasteiger partial charge in [-0.1, -0.05) is 40.0 Å². The van der Waals surface area contributed by atoms with Gasteiger partial charge in [-0.3, -0.25) is 0 Å². The summed E-state index contributed by atoms with van der Waals surface area (Å²) >= 11 is 0. The molecule has 0 aliphatic heterocycles. The Kier molecular flexibility index (Phi) is 6.60. The minimum atomic E-state index is -3.14. The number of hydrogen-bond donors (Lipinski definition) is 2. The summed E-state index contributed by atoms with van der Waals surface area (Å²) in [4.78, 5) is 0. The van der Waals surface area contributed by atoms with Crippen LogP contribution in [0.3, 0.4) is 0 Å². The van der Waals surface area contributed by atoms with Crippen LogP contribution in [0.15, 0.2) is 0 Å². The Morgan fingerprint density at radius 1 is 1.17 bits per heavy atom. The molecule has 1 saturated carbocycles. The lowest BCUT2D eigenvalue weighted by Gasteiger charge is -2.22. The van der Waals surface area contributed by atoms with Gasteiger partial charge in [0.25, 0.3) is 0 Å². The number of rotatable bonds is 6. The summed E-state index contributed by atoms with van der Waals surface area (Å²) < 4.78 is 26.9. The van der Waals surface area contributed by atoms with Gasteiger partial charge in [0.15, 0.2) is 0 Å². The minimum Gasteiger partial charge on any atom is -0.313 e. The second kappa shape index (κ2) is 7.46. The Morgan fingerprint density at radius 3 is 2.50 bits per heavy atom. The van der Waals surface area contributed by atoms with Crippen molar-refractivity contribution in [2.45, 2.75) is 65.0 Å². The summed E-state index contributed by atoms with van der Waals surface area (Å²) in [6.07, 6.45) is 5.73. The van der Waals surface area contributed by atoms with Crippen LogP contribution in [0.25, 0.3) is 0 Å². The van der Waals surface area contributed by atoms with Gasteiger partial charge in [-0.05, 0) is 18.8 Å². The van der Waals surface area contributed by atoms with E-state index >= 15 is 0 Å². The van der Waals surface area contributed by atoms with E-state index in [0.717, 1.165) is 19.3 Å². The molecule has 1 aliphatic rings. The average Bonchev–Trinajstić information content (AvgIpc) is 2.43. The van der Waals surface area contributed by atoms with Crippen molar-refractivity contribution in [1.29, 1.82) is 0 Å². The highest BCUT2D eigenvalue weighted by Gasteiger charge is 2.24. The molecule has 0 aromatic heterocycles. The van der Waals surface area contributed by atoms with Crippen LogP contribution in [-0.2, 0) is 10.0 Å². The van der Waals surface area contributed by atoms with Gasteiger partial charge in [-0.2, -0.15) is 0 Å². The molecule has 1 fully saturated rings.